The summed E-state index contributed by atoms with van der Waals surface area (Å²) in [6, 6.07) is 24.6. The minimum atomic E-state index is -0.966. The van der Waals surface area contributed by atoms with Crippen LogP contribution in [0.5, 0.6) is 0 Å². The van der Waals surface area contributed by atoms with Crippen LogP contribution in [0.1, 0.15) is 37.1 Å². The Hall–Kier alpha value is -3.05. The van der Waals surface area contributed by atoms with Gasteiger partial charge >= 0.3 is 5.97 Å². The summed E-state index contributed by atoms with van der Waals surface area (Å²) >= 11 is 1.70. The number of thioether (sulfide) groups is 1. The number of hydrogen-bond donors (Lipinski definition) is 1. The van der Waals surface area contributed by atoms with Crippen LogP contribution in [0.4, 0.5) is 0 Å². The van der Waals surface area contributed by atoms with Crippen molar-refractivity contribution in [3.05, 3.63) is 101 Å². The van der Waals surface area contributed by atoms with Crippen molar-refractivity contribution in [3.8, 4) is 0 Å². The highest BCUT2D eigenvalue weighted by molar-refractivity contribution is 7.99. The van der Waals surface area contributed by atoms with E-state index < -0.39 is 5.97 Å². The minimum Gasteiger partial charge on any atom is -0.478 e. The molecule has 0 spiro atoms. The highest BCUT2D eigenvalue weighted by Gasteiger charge is 2.29. The standard InChI is InChI=1S/C23H19NO3S/c25-22-19-11-4-5-12-20(19)28-21(17-8-2-1-3-9-17)15-24(22)14-16-7-6-10-18(13-16)23(26)27/h1-13,21H,14-15H2,(H,26,27). The summed E-state index contributed by atoms with van der Waals surface area (Å²) in [5.41, 5.74) is 2.90. The van der Waals surface area contributed by atoms with Gasteiger partial charge in [-0.3, -0.25) is 4.79 Å². The molecule has 1 unspecified atom stereocenters. The lowest BCUT2D eigenvalue weighted by Crippen LogP contribution is -2.32. The lowest BCUT2D eigenvalue weighted by Gasteiger charge is -2.25. The van der Waals surface area contributed by atoms with Crippen LogP contribution < -0.4 is 0 Å². The van der Waals surface area contributed by atoms with Crippen molar-refractivity contribution in [2.24, 2.45) is 0 Å². The minimum absolute atomic E-state index is 0.0257. The first-order valence-electron chi connectivity index (χ1n) is 9.04. The van der Waals surface area contributed by atoms with Crippen LogP contribution in [0.3, 0.4) is 0 Å². The van der Waals surface area contributed by atoms with Gasteiger partial charge in [0.05, 0.1) is 16.4 Å². The molecular weight excluding hydrogens is 370 g/mol. The van der Waals surface area contributed by atoms with Crippen LogP contribution in [0.25, 0.3) is 0 Å². The van der Waals surface area contributed by atoms with Gasteiger partial charge in [0.15, 0.2) is 0 Å². The van der Waals surface area contributed by atoms with Gasteiger partial charge in [-0.1, -0.05) is 54.6 Å². The number of rotatable bonds is 4. The summed E-state index contributed by atoms with van der Waals surface area (Å²) in [5, 5.41) is 9.36. The van der Waals surface area contributed by atoms with Crippen LogP contribution >= 0.6 is 11.8 Å². The quantitative estimate of drug-likeness (QED) is 0.691. The molecule has 0 radical (unpaired) electrons. The van der Waals surface area contributed by atoms with Crippen molar-refractivity contribution < 1.29 is 14.7 Å². The van der Waals surface area contributed by atoms with Crippen LogP contribution in [0, 0.1) is 0 Å². The van der Waals surface area contributed by atoms with Gasteiger partial charge in [0.1, 0.15) is 0 Å². The van der Waals surface area contributed by atoms with E-state index in [-0.39, 0.29) is 16.7 Å². The van der Waals surface area contributed by atoms with Crippen LogP contribution in [0.15, 0.2) is 83.8 Å². The number of amides is 1. The van der Waals surface area contributed by atoms with Crippen molar-refractivity contribution in [2.45, 2.75) is 16.7 Å². The van der Waals surface area contributed by atoms with Crippen molar-refractivity contribution in [3.63, 3.8) is 0 Å². The highest BCUT2D eigenvalue weighted by atomic mass is 32.2. The van der Waals surface area contributed by atoms with E-state index in [2.05, 4.69) is 12.1 Å². The van der Waals surface area contributed by atoms with Gasteiger partial charge in [-0.25, -0.2) is 4.79 Å². The Morgan fingerprint density at radius 1 is 1.00 bits per heavy atom. The molecular formula is C23H19NO3S. The molecule has 3 aromatic rings. The van der Waals surface area contributed by atoms with E-state index in [1.807, 2.05) is 53.4 Å². The summed E-state index contributed by atoms with van der Waals surface area (Å²) in [4.78, 5) is 27.3. The summed E-state index contributed by atoms with van der Waals surface area (Å²) < 4.78 is 0. The molecule has 0 saturated heterocycles. The number of hydrogen-bond acceptors (Lipinski definition) is 3. The third-order valence-corrected chi connectivity index (χ3v) is 6.09. The number of aromatic carboxylic acids is 1. The number of fused-ring (bicyclic) bond motifs is 1. The number of carboxylic acid groups (broad SMARTS) is 1. The largest absolute Gasteiger partial charge is 0.478 e. The van der Waals surface area contributed by atoms with Crippen LogP contribution in [-0.2, 0) is 6.54 Å². The van der Waals surface area contributed by atoms with Gasteiger partial charge < -0.3 is 10.0 Å². The molecule has 1 amide bonds. The van der Waals surface area contributed by atoms with E-state index in [4.69, 9.17) is 0 Å². The van der Waals surface area contributed by atoms with Gasteiger partial charge in [0, 0.05) is 18.0 Å². The van der Waals surface area contributed by atoms with Gasteiger partial charge in [0.25, 0.3) is 5.91 Å². The van der Waals surface area contributed by atoms with E-state index in [1.165, 1.54) is 5.56 Å². The fourth-order valence-corrected chi connectivity index (χ4v) is 4.68. The Morgan fingerprint density at radius 2 is 1.75 bits per heavy atom. The molecule has 140 valence electrons. The molecule has 1 aliphatic heterocycles. The van der Waals surface area contributed by atoms with Gasteiger partial charge in [-0.2, -0.15) is 0 Å². The number of carbonyl (C=O) groups excluding carboxylic acids is 1. The second-order valence-corrected chi connectivity index (χ2v) is 7.95. The Bertz CT molecular complexity index is 1020. The fraction of sp³-hybridized carbons (Fsp3) is 0.130. The predicted molar refractivity (Wildman–Crippen MR) is 110 cm³/mol. The van der Waals surface area contributed by atoms with Gasteiger partial charge in [0.2, 0.25) is 0 Å². The zero-order chi connectivity index (χ0) is 19.5. The van der Waals surface area contributed by atoms with E-state index >= 15 is 0 Å². The second kappa shape index (κ2) is 7.90. The maximum absolute atomic E-state index is 13.2. The molecule has 28 heavy (non-hydrogen) atoms. The van der Waals surface area contributed by atoms with Gasteiger partial charge in [-0.05, 0) is 35.4 Å². The maximum atomic E-state index is 13.2. The molecule has 1 atom stereocenters. The van der Waals surface area contributed by atoms with Crippen molar-refractivity contribution in [2.75, 3.05) is 6.54 Å². The molecule has 1 heterocycles. The Balaban J connectivity index is 1.70. The van der Waals surface area contributed by atoms with Crippen molar-refractivity contribution >= 4 is 23.6 Å². The predicted octanol–water partition coefficient (Wildman–Crippen LogP) is 4.87. The molecule has 0 fully saturated rings. The highest BCUT2D eigenvalue weighted by Crippen LogP contribution is 2.41. The number of benzene rings is 3. The van der Waals surface area contributed by atoms with Crippen LogP contribution in [0.2, 0.25) is 0 Å². The molecule has 0 aromatic heterocycles. The number of nitrogens with zero attached hydrogens (tertiary/aromatic N) is 1. The van der Waals surface area contributed by atoms with Gasteiger partial charge in [-0.15, -0.1) is 11.8 Å². The Labute approximate surface area is 167 Å². The number of carbonyl (C=O) groups is 2. The van der Waals surface area contributed by atoms with Crippen LogP contribution in [-0.4, -0.2) is 28.4 Å². The van der Waals surface area contributed by atoms with E-state index in [1.54, 1.807) is 30.0 Å². The van der Waals surface area contributed by atoms with Crippen molar-refractivity contribution in [1.82, 2.24) is 4.90 Å². The SMILES string of the molecule is O=C(O)c1cccc(CN2CC(c3ccccc3)Sc3ccccc3C2=O)c1. The molecule has 4 nitrogen and oxygen atoms in total. The molecule has 3 aromatic carbocycles. The first kappa shape index (κ1) is 18.3. The summed E-state index contributed by atoms with van der Waals surface area (Å²) in [5.74, 6) is -0.991. The summed E-state index contributed by atoms with van der Waals surface area (Å²) in [7, 11) is 0. The van der Waals surface area contributed by atoms with E-state index in [0.717, 1.165) is 10.5 Å². The zero-order valence-corrected chi connectivity index (χ0v) is 15.9. The molecule has 5 heteroatoms. The third kappa shape index (κ3) is 3.80. The molecule has 0 bridgehead atoms. The van der Waals surface area contributed by atoms with E-state index in [9.17, 15) is 14.7 Å². The molecule has 0 aliphatic carbocycles. The third-order valence-electron chi connectivity index (χ3n) is 4.78. The summed E-state index contributed by atoms with van der Waals surface area (Å²) in [6.45, 7) is 0.928. The van der Waals surface area contributed by atoms with E-state index in [0.29, 0.717) is 18.7 Å². The topological polar surface area (TPSA) is 57.6 Å². The molecule has 4 rings (SSSR count). The lowest BCUT2D eigenvalue weighted by atomic mass is 10.1. The average Bonchev–Trinajstić information content (AvgIpc) is 2.86. The normalized spacial score (nSPS) is 16.4. The fourth-order valence-electron chi connectivity index (χ4n) is 3.39. The average molecular weight is 389 g/mol. The lowest BCUT2D eigenvalue weighted by molar-refractivity contribution is 0.0696. The Morgan fingerprint density at radius 3 is 2.54 bits per heavy atom. The Kier molecular flexibility index (Phi) is 5.17. The smallest absolute Gasteiger partial charge is 0.335 e. The zero-order valence-electron chi connectivity index (χ0n) is 15.1. The van der Waals surface area contributed by atoms with Crippen molar-refractivity contribution in [1.29, 1.82) is 0 Å². The summed E-state index contributed by atoms with van der Waals surface area (Å²) in [6.07, 6.45) is 0. The first-order chi connectivity index (χ1) is 13.6. The number of carboxylic acids is 1. The first-order valence-corrected chi connectivity index (χ1v) is 9.92. The molecule has 1 N–H and O–H groups in total. The molecule has 1 aliphatic rings. The maximum Gasteiger partial charge on any atom is 0.335 e. The molecule has 0 saturated carbocycles. The second-order valence-electron chi connectivity index (χ2n) is 6.70. The monoisotopic (exact) mass is 389 g/mol.